The minimum Gasteiger partial charge on any atom is -0.454 e. The van der Waals surface area contributed by atoms with Crippen LogP contribution < -0.4 is 15.0 Å². The maximum Gasteiger partial charge on any atom is 0.253 e. The van der Waals surface area contributed by atoms with Crippen LogP contribution in [0.25, 0.3) is 10.9 Å². The molecule has 10 heteroatoms. The van der Waals surface area contributed by atoms with Crippen molar-refractivity contribution in [1.29, 1.82) is 0 Å². The zero-order chi connectivity index (χ0) is 26.3. The van der Waals surface area contributed by atoms with Crippen molar-refractivity contribution in [2.45, 2.75) is 45.3 Å². The Morgan fingerprint density at radius 3 is 2.50 bits per heavy atom. The van der Waals surface area contributed by atoms with Crippen molar-refractivity contribution in [3.8, 4) is 11.5 Å². The van der Waals surface area contributed by atoms with Crippen molar-refractivity contribution in [2.24, 2.45) is 0 Å². The number of nitrogens with zero attached hydrogens (tertiary/aromatic N) is 6. The summed E-state index contributed by atoms with van der Waals surface area (Å²) in [7, 11) is 0. The van der Waals surface area contributed by atoms with Crippen molar-refractivity contribution in [1.82, 2.24) is 35.0 Å². The number of aromatic amines is 1. The molecular formula is C28H33N7O3. The molecule has 1 atom stereocenters. The predicted molar refractivity (Wildman–Crippen MR) is 143 cm³/mol. The van der Waals surface area contributed by atoms with E-state index in [1.807, 2.05) is 28.9 Å². The number of tetrazole rings is 1. The Hall–Kier alpha value is -3.76. The van der Waals surface area contributed by atoms with Crippen LogP contribution in [0.4, 0.5) is 0 Å². The van der Waals surface area contributed by atoms with E-state index in [1.165, 1.54) is 5.56 Å². The zero-order valence-corrected chi connectivity index (χ0v) is 22.1. The fraction of sp³-hybridized carbons (Fsp3) is 0.429. The second-order valence-electron chi connectivity index (χ2n) is 10.7. The van der Waals surface area contributed by atoms with Gasteiger partial charge in [0.1, 0.15) is 6.04 Å². The third-order valence-electron chi connectivity index (χ3n) is 7.86. The molecule has 1 N–H and O–H groups in total. The van der Waals surface area contributed by atoms with Crippen LogP contribution in [-0.2, 0) is 12.1 Å². The molecule has 0 aliphatic carbocycles. The van der Waals surface area contributed by atoms with E-state index in [1.54, 1.807) is 0 Å². The average Bonchev–Trinajstić information content (AvgIpc) is 3.60. The van der Waals surface area contributed by atoms with Crippen LogP contribution in [0.1, 0.15) is 50.2 Å². The van der Waals surface area contributed by atoms with E-state index in [4.69, 9.17) is 9.47 Å². The Morgan fingerprint density at radius 1 is 1.03 bits per heavy atom. The highest BCUT2D eigenvalue weighted by molar-refractivity contribution is 5.83. The number of nitrogens with one attached hydrogen (secondary N) is 1. The summed E-state index contributed by atoms with van der Waals surface area (Å²) in [6.45, 7) is 10.8. The summed E-state index contributed by atoms with van der Waals surface area (Å²) in [5.41, 5.74) is 2.17. The lowest BCUT2D eigenvalue weighted by Gasteiger charge is -2.39. The molecule has 2 aliphatic heterocycles. The van der Waals surface area contributed by atoms with Gasteiger partial charge in [-0.05, 0) is 48.4 Å². The van der Waals surface area contributed by atoms with E-state index >= 15 is 0 Å². The van der Waals surface area contributed by atoms with Gasteiger partial charge >= 0.3 is 0 Å². The molecule has 0 unspecified atom stereocenters. The number of pyridine rings is 1. The smallest absolute Gasteiger partial charge is 0.253 e. The zero-order valence-electron chi connectivity index (χ0n) is 22.1. The van der Waals surface area contributed by atoms with Gasteiger partial charge in [-0.1, -0.05) is 37.3 Å². The number of fused-ring (bicyclic) bond motifs is 2. The number of H-pyrrole nitrogens is 1. The molecule has 0 bridgehead atoms. The van der Waals surface area contributed by atoms with Gasteiger partial charge in [-0.2, -0.15) is 0 Å². The predicted octanol–water partition coefficient (Wildman–Crippen LogP) is 3.30. The molecule has 0 spiro atoms. The monoisotopic (exact) mass is 515 g/mol. The Bertz CT molecular complexity index is 1490. The lowest BCUT2D eigenvalue weighted by atomic mass is 9.98. The van der Waals surface area contributed by atoms with Crippen molar-refractivity contribution < 1.29 is 9.47 Å². The molecule has 1 saturated heterocycles. The van der Waals surface area contributed by atoms with Crippen molar-refractivity contribution in [3.05, 3.63) is 75.8 Å². The topological polar surface area (TPSA) is 101 Å². The third kappa shape index (κ3) is 4.54. The highest BCUT2D eigenvalue weighted by Gasteiger charge is 2.35. The van der Waals surface area contributed by atoms with Crippen LogP contribution in [0.5, 0.6) is 11.5 Å². The first kappa shape index (κ1) is 24.6. The van der Waals surface area contributed by atoms with Gasteiger partial charge in [-0.25, -0.2) is 4.68 Å². The number of benzene rings is 2. The highest BCUT2D eigenvalue weighted by atomic mass is 16.7. The summed E-state index contributed by atoms with van der Waals surface area (Å²) in [4.78, 5) is 21.5. The van der Waals surface area contributed by atoms with Gasteiger partial charge in [-0.15, -0.1) is 5.10 Å². The van der Waals surface area contributed by atoms with Crippen LogP contribution in [-0.4, -0.2) is 68.0 Å². The molecule has 0 radical (unpaired) electrons. The molecule has 2 aromatic carbocycles. The fourth-order valence-electron chi connectivity index (χ4n) is 5.28. The van der Waals surface area contributed by atoms with Crippen molar-refractivity contribution >= 4 is 10.9 Å². The van der Waals surface area contributed by atoms with E-state index < -0.39 is 6.04 Å². The number of hydrogen-bond acceptors (Lipinski definition) is 8. The molecule has 0 amide bonds. The lowest BCUT2D eigenvalue weighted by Crippen LogP contribution is -2.49. The van der Waals surface area contributed by atoms with Crippen LogP contribution in [0.2, 0.25) is 0 Å². The molecule has 10 nitrogen and oxygen atoms in total. The largest absolute Gasteiger partial charge is 0.454 e. The Kier molecular flexibility index (Phi) is 6.37. The standard InChI is InChI=1S/C28H33N7O3/c1-4-28(2,3)35-26(30-31-32-35)25(34-12-10-33(11-13-34)17-19-8-6-5-7-9-19)21-14-20-15-23-24(38-18-37-23)16-22(20)29-27(21)36/h5-9,14-16,25H,4,10-13,17-18H2,1-3H3,(H,29,36)/t25-/m0/s1. The molecule has 4 heterocycles. The Labute approximate surface area is 221 Å². The average molecular weight is 516 g/mol. The fourth-order valence-corrected chi connectivity index (χ4v) is 5.28. The van der Waals surface area contributed by atoms with Gasteiger partial charge in [0.25, 0.3) is 5.56 Å². The van der Waals surface area contributed by atoms with E-state index in [0.717, 1.165) is 44.5 Å². The molecule has 4 aromatic rings. The highest BCUT2D eigenvalue weighted by Crippen LogP contribution is 2.37. The van der Waals surface area contributed by atoms with Gasteiger partial charge in [0.15, 0.2) is 17.3 Å². The molecule has 2 aliphatic rings. The molecular weight excluding hydrogens is 482 g/mol. The first-order valence-electron chi connectivity index (χ1n) is 13.2. The number of piperazine rings is 1. The van der Waals surface area contributed by atoms with Crippen molar-refractivity contribution in [3.63, 3.8) is 0 Å². The molecule has 6 rings (SSSR count). The summed E-state index contributed by atoms with van der Waals surface area (Å²) in [5.74, 6) is 2.00. The second-order valence-corrected chi connectivity index (χ2v) is 10.7. The second kappa shape index (κ2) is 9.85. The normalized spacial score (nSPS) is 17.2. The van der Waals surface area contributed by atoms with Crippen LogP contribution in [0.15, 0.2) is 53.3 Å². The maximum absolute atomic E-state index is 13.6. The Balaban J connectivity index is 1.38. The van der Waals surface area contributed by atoms with E-state index in [9.17, 15) is 4.79 Å². The molecule has 1 fully saturated rings. The minimum atomic E-state index is -0.395. The number of hydrogen-bond donors (Lipinski definition) is 1. The van der Waals surface area contributed by atoms with E-state index in [2.05, 4.69) is 75.3 Å². The van der Waals surface area contributed by atoms with Gasteiger partial charge in [0.05, 0.1) is 11.1 Å². The van der Waals surface area contributed by atoms with Gasteiger partial charge < -0.3 is 14.5 Å². The summed E-state index contributed by atoms with van der Waals surface area (Å²) in [6.07, 6.45) is 0.847. The lowest BCUT2D eigenvalue weighted by molar-refractivity contribution is 0.0968. The van der Waals surface area contributed by atoms with Crippen LogP contribution >= 0.6 is 0 Å². The van der Waals surface area contributed by atoms with Crippen LogP contribution in [0, 0.1) is 0 Å². The van der Waals surface area contributed by atoms with Crippen molar-refractivity contribution in [2.75, 3.05) is 33.0 Å². The summed E-state index contributed by atoms with van der Waals surface area (Å²) < 4.78 is 13.0. The third-order valence-corrected chi connectivity index (χ3v) is 7.86. The van der Waals surface area contributed by atoms with Gasteiger partial charge in [0.2, 0.25) is 6.79 Å². The minimum absolute atomic E-state index is 0.156. The first-order chi connectivity index (χ1) is 18.4. The molecule has 2 aromatic heterocycles. The van der Waals surface area contributed by atoms with E-state index in [0.29, 0.717) is 28.4 Å². The SMILES string of the molecule is CCC(C)(C)n1nnnc1[C@H](c1cc2cc3c(cc2[nH]c1=O)OCO3)N1CCN(Cc2ccccc2)CC1. The summed E-state index contributed by atoms with van der Waals surface area (Å²) in [6, 6.07) is 15.8. The number of aromatic nitrogens is 5. The van der Waals surface area contributed by atoms with Crippen LogP contribution in [0.3, 0.4) is 0 Å². The maximum atomic E-state index is 13.6. The first-order valence-corrected chi connectivity index (χ1v) is 13.2. The number of ether oxygens (including phenoxy) is 2. The van der Waals surface area contributed by atoms with Gasteiger partial charge in [-0.3, -0.25) is 14.6 Å². The Morgan fingerprint density at radius 2 is 1.76 bits per heavy atom. The van der Waals surface area contributed by atoms with Gasteiger partial charge in [0, 0.05) is 49.7 Å². The van der Waals surface area contributed by atoms with E-state index in [-0.39, 0.29) is 17.9 Å². The summed E-state index contributed by atoms with van der Waals surface area (Å²) in [5, 5.41) is 13.8. The number of rotatable bonds is 7. The summed E-state index contributed by atoms with van der Waals surface area (Å²) >= 11 is 0. The quantitative estimate of drug-likeness (QED) is 0.400. The molecule has 38 heavy (non-hydrogen) atoms. The molecule has 0 saturated carbocycles. The molecule has 198 valence electrons.